The number of aromatic nitrogens is 1. The summed E-state index contributed by atoms with van der Waals surface area (Å²) in [6.45, 7) is 1.45. The van der Waals surface area contributed by atoms with Gasteiger partial charge in [0, 0.05) is 7.05 Å². The van der Waals surface area contributed by atoms with Crippen LogP contribution in [0.5, 0.6) is 0 Å². The Morgan fingerprint density at radius 1 is 1.53 bits per heavy atom. The highest BCUT2D eigenvalue weighted by Gasteiger charge is 2.24. The van der Waals surface area contributed by atoms with Gasteiger partial charge >= 0.3 is 5.97 Å². The van der Waals surface area contributed by atoms with Crippen molar-refractivity contribution in [2.75, 3.05) is 7.05 Å². The zero-order chi connectivity index (χ0) is 14.0. The van der Waals surface area contributed by atoms with Gasteiger partial charge in [0.2, 0.25) is 0 Å². The first kappa shape index (κ1) is 13.3. The number of carbonyl (C=O) groups excluding carboxylic acids is 1. The van der Waals surface area contributed by atoms with Crippen molar-refractivity contribution in [2.24, 2.45) is 0 Å². The summed E-state index contributed by atoms with van der Waals surface area (Å²) in [5.41, 5.74) is 0. The zero-order valence-corrected chi connectivity index (χ0v) is 11.2. The van der Waals surface area contributed by atoms with Gasteiger partial charge in [-0.2, -0.15) is 0 Å². The van der Waals surface area contributed by atoms with Crippen LogP contribution in [0.2, 0.25) is 0 Å². The van der Waals surface area contributed by atoms with Gasteiger partial charge < -0.3 is 14.4 Å². The van der Waals surface area contributed by atoms with Crippen LogP contribution in [0, 0.1) is 0 Å². The molecule has 2 heterocycles. The normalized spacial score (nSPS) is 12.1. The third kappa shape index (κ3) is 2.65. The molecule has 19 heavy (non-hydrogen) atoms. The van der Waals surface area contributed by atoms with Crippen LogP contribution in [0.15, 0.2) is 29.0 Å². The van der Waals surface area contributed by atoms with Gasteiger partial charge in [0.25, 0.3) is 5.91 Å². The predicted molar refractivity (Wildman–Crippen MR) is 69.0 cm³/mol. The molecule has 0 bridgehead atoms. The van der Waals surface area contributed by atoms with Crippen molar-refractivity contribution in [3.05, 3.63) is 29.5 Å². The summed E-state index contributed by atoms with van der Waals surface area (Å²) in [4.78, 5) is 28.6. The quantitative estimate of drug-likeness (QED) is 0.925. The van der Waals surface area contributed by atoms with Gasteiger partial charge in [0.05, 0.1) is 12.5 Å². The second kappa shape index (κ2) is 5.23. The lowest BCUT2D eigenvalue weighted by Crippen LogP contribution is -2.39. The van der Waals surface area contributed by atoms with E-state index in [2.05, 4.69) is 4.98 Å². The molecule has 0 aromatic carbocycles. The van der Waals surface area contributed by atoms with Crippen LogP contribution < -0.4 is 0 Å². The fraction of sp³-hybridized carbons (Fsp3) is 0.250. The van der Waals surface area contributed by atoms with E-state index in [0.29, 0.717) is 15.6 Å². The van der Waals surface area contributed by atoms with E-state index in [1.54, 1.807) is 12.1 Å². The number of carboxylic acids is 1. The molecule has 0 radical (unpaired) electrons. The molecule has 0 fully saturated rings. The number of hydrogen-bond acceptors (Lipinski definition) is 5. The van der Waals surface area contributed by atoms with Crippen molar-refractivity contribution in [1.29, 1.82) is 0 Å². The number of furan rings is 1. The van der Waals surface area contributed by atoms with E-state index < -0.39 is 12.0 Å². The molecule has 6 nitrogen and oxygen atoms in total. The topological polar surface area (TPSA) is 83.6 Å². The lowest BCUT2D eigenvalue weighted by molar-refractivity contribution is -0.141. The Bertz CT molecular complexity index is 591. The lowest BCUT2D eigenvalue weighted by Gasteiger charge is -2.20. The maximum atomic E-state index is 12.1. The van der Waals surface area contributed by atoms with Gasteiger partial charge in [0.15, 0.2) is 10.8 Å². The molecule has 1 amide bonds. The zero-order valence-electron chi connectivity index (χ0n) is 10.4. The second-order valence-electron chi connectivity index (χ2n) is 3.94. The Kier molecular flexibility index (Phi) is 3.66. The van der Waals surface area contributed by atoms with E-state index in [9.17, 15) is 9.59 Å². The third-order valence-electron chi connectivity index (χ3n) is 2.71. The smallest absolute Gasteiger partial charge is 0.326 e. The summed E-state index contributed by atoms with van der Waals surface area (Å²) in [5, 5.41) is 9.47. The van der Waals surface area contributed by atoms with Gasteiger partial charge in [0.1, 0.15) is 10.9 Å². The molecule has 2 rings (SSSR count). The summed E-state index contributed by atoms with van der Waals surface area (Å²) in [5.74, 6) is -0.838. The number of nitrogens with zero attached hydrogens (tertiary/aromatic N) is 2. The first-order chi connectivity index (χ1) is 9.00. The van der Waals surface area contributed by atoms with E-state index in [0.717, 1.165) is 0 Å². The Labute approximate surface area is 113 Å². The van der Waals surface area contributed by atoms with Gasteiger partial charge in [-0.1, -0.05) is 0 Å². The van der Waals surface area contributed by atoms with Crippen molar-refractivity contribution in [3.8, 4) is 10.8 Å². The molecule has 7 heteroatoms. The van der Waals surface area contributed by atoms with Gasteiger partial charge in [-0.25, -0.2) is 9.78 Å². The SMILES string of the molecule is CC(C(=O)O)N(C)C(=O)c1cnc(-c2ccco2)s1. The van der Waals surface area contributed by atoms with Crippen LogP contribution in [0.4, 0.5) is 0 Å². The van der Waals surface area contributed by atoms with Crippen molar-refractivity contribution in [1.82, 2.24) is 9.88 Å². The van der Waals surface area contributed by atoms with Crippen LogP contribution in [0.3, 0.4) is 0 Å². The molecule has 1 unspecified atom stereocenters. The summed E-state index contributed by atoms with van der Waals surface area (Å²) in [6, 6.07) is 2.59. The first-order valence-electron chi connectivity index (χ1n) is 5.50. The van der Waals surface area contributed by atoms with Crippen molar-refractivity contribution < 1.29 is 19.1 Å². The van der Waals surface area contributed by atoms with Crippen LogP contribution in [0.25, 0.3) is 10.8 Å². The maximum absolute atomic E-state index is 12.1. The molecule has 100 valence electrons. The standard InChI is InChI=1S/C12H12N2O4S/c1-7(12(16)17)14(2)11(15)9-6-13-10(19-9)8-4-3-5-18-8/h3-7H,1-2H3,(H,16,17). The van der Waals surface area contributed by atoms with Gasteiger partial charge in [-0.3, -0.25) is 4.79 Å². The lowest BCUT2D eigenvalue weighted by atomic mass is 10.3. The van der Waals surface area contributed by atoms with Crippen LogP contribution >= 0.6 is 11.3 Å². The first-order valence-corrected chi connectivity index (χ1v) is 6.32. The molecule has 0 aliphatic heterocycles. The number of amides is 1. The third-order valence-corrected chi connectivity index (χ3v) is 3.71. The molecule has 1 N–H and O–H groups in total. The Hall–Kier alpha value is -2.15. The van der Waals surface area contributed by atoms with E-state index in [1.165, 1.54) is 42.7 Å². The molecular weight excluding hydrogens is 268 g/mol. The van der Waals surface area contributed by atoms with Crippen LogP contribution in [0.1, 0.15) is 16.6 Å². The van der Waals surface area contributed by atoms with Crippen molar-refractivity contribution in [3.63, 3.8) is 0 Å². The Morgan fingerprint density at radius 2 is 2.26 bits per heavy atom. The van der Waals surface area contributed by atoms with E-state index >= 15 is 0 Å². The minimum atomic E-state index is -1.05. The molecule has 0 spiro atoms. The van der Waals surface area contributed by atoms with E-state index in [1.807, 2.05) is 0 Å². The number of aliphatic carboxylic acids is 1. The van der Waals surface area contributed by atoms with Gasteiger partial charge in [-0.05, 0) is 19.1 Å². The van der Waals surface area contributed by atoms with Gasteiger partial charge in [-0.15, -0.1) is 11.3 Å². The molecule has 0 saturated carbocycles. The number of rotatable bonds is 4. The predicted octanol–water partition coefficient (Wildman–Crippen LogP) is 1.95. The fourth-order valence-corrected chi connectivity index (χ4v) is 2.27. The number of likely N-dealkylation sites (N-methyl/N-ethyl adjacent to an activating group) is 1. The summed E-state index contributed by atoms with van der Waals surface area (Å²) in [6.07, 6.45) is 2.95. The molecule has 2 aromatic heterocycles. The van der Waals surface area contributed by atoms with Crippen LogP contribution in [-0.2, 0) is 4.79 Å². The molecular formula is C12H12N2O4S. The van der Waals surface area contributed by atoms with E-state index in [4.69, 9.17) is 9.52 Å². The molecule has 0 aliphatic rings. The summed E-state index contributed by atoms with van der Waals surface area (Å²) >= 11 is 1.17. The number of carbonyl (C=O) groups is 2. The average Bonchev–Trinajstić information content (AvgIpc) is 3.05. The Balaban J connectivity index is 2.19. The van der Waals surface area contributed by atoms with Crippen molar-refractivity contribution >= 4 is 23.2 Å². The molecule has 0 saturated heterocycles. The number of hydrogen-bond donors (Lipinski definition) is 1. The van der Waals surface area contributed by atoms with Crippen molar-refractivity contribution in [2.45, 2.75) is 13.0 Å². The number of carboxylic acid groups (broad SMARTS) is 1. The highest BCUT2D eigenvalue weighted by atomic mass is 32.1. The highest BCUT2D eigenvalue weighted by Crippen LogP contribution is 2.26. The summed E-state index contributed by atoms with van der Waals surface area (Å²) in [7, 11) is 1.45. The monoisotopic (exact) mass is 280 g/mol. The fourth-order valence-electron chi connectivity index (χ4n) is 1.40. The maximum Gasteiger partial charge on any atom is 0.326 e. The molecule has 0 aliphatic carbocycles. The Morgan fingerprint density at radius 3 is 2.84 bits per heavy atom. The highest BCUT2D eigenvalue weighted by molar-refractivity contribution is 7.16. The molecule has 2 aromatic rings. The van der Waals surface area contributed by atoms with Crippen LogP contribution in [-0.4, -0.2) is 40.0 Å². The molecule has 1 atom stereocenters. The minimum Gasteiger partial charge on any atom is -0.480 e. The largest absolute Gasteiger partial charge is 0.480 e. The van der Waals surface area contributed by atoms with E-state index in [-0.39, 0.29) is 5.91 Å². The minimum absolute atomic E-state index is 0.370. The second-order valence-corrected chi connectivity index (χ2v) is 4.97. The number of thiazole rings is 1. The summed E-state index contributed by atoms with van der Waals surface area (Å²) < 4.78 is 5.19. The average molecular weight is 280 g/mol.